The third kappa shape index (κ3) is 2.75. The molecule has 0 spiro atoms. The molecule has 0 saturated carbocycles. The van der Waals surface area contributed by atoms with E-state index in [1.54, 1.807) is 6.07 Å². The molecule has 1 N–H and O–H groups in total. The average Bonchev–Trinajstić information content (AvgIpc) is 2.32. The van der Waals surface area contributed by atoms with Gasteiger partial charge in [0.05, 0.1) is 5.56 Å². The molecule has 1 heterocycles. The third-order valence-corrected chi connectivity index (χ3v) is 4.80. The number of benzene rings is 1. The minimum Gasteiger partial charge on any atom is -0.308 e. The molecule has 1 aromatic rings. The van der Waals surface area contributed by atoms with Gasteiger partial charge in [-0.25, -0.2) is 0 Å². The maximum atomic E-state index is 12.9. The molecule has 0 amide bonds. The summed E-state index contributed by atoms with van der Waals surface area (Å²) in [6.45, 7) is 2.30. The molecule has 1 aromatic carbocycles. The van der Waals surface area contributed by atoms with E-state index in [2.05, 4.69) is 5.32 Å². The Balaban J connectivity index is 2.32. The zero-order valence-corrected chi connectivity index (χ0v) is 10.6. The highest BCUT2D eigenvalue weighted by Gasteiger charge is 2.36. The molecule has 1 fully saturated rings. The van der Waals surface area contributed by atoms with Gasteiger partial charge in [0.25, 0.3) is 0 Å². The van der Waals surface area contributed by atoms with Gasteiger partial charge in [-0.3, -0.25) is 4.21 Å². The summed E-state index contributed by atoms with van der Waals surface area (Å²) in [5.74, 6) is 0.230. The summed E-state index contributed by atoms with van der Waals surface area (Å²) in [6, 6.07) is 4.98. The SMILES string of the molecule is CC1CNC(c2ccccc2C(F)(F)F)CS1=O. The van der Waals surface area contributed by atoms with Gasteiger partial charge in [0.15, 0.2) is 0 Å². The summed E-state index contributed by atoms with van der Waals surface area (Å²) in [5.41, 5.74) is -0.459. The van der Waals surface area contributed by atoms with Crippen LogP contribution in [0.25, 0.3) is 0 Å². The van der Waals surface area contributed by atoms with Crippen molar-refractivity contribution >= 4 is 10.8 Å². The summed E-state index contributed by atoms with van der Waals surface area (Å²) in [4.78, 5) is 0. The van der Waals surface area contributed by atoms with E-state index < -0.39 is 28.6 Å². The molecule has 1 saturated heterocycles. The lowest BCUT2D eigenvalue weighted by Crippen LogP contribution is -2.42. The van der Waals surface area contributed by atoms with Gasteiger partial charge >= 0.3 is 6.18 Å². The second-order valence-electron chi connectivity index (χ2n) is 4.40. The van der Waals surface area contributed by atoms with E-state index >= 15 is 0 Å². The Hall–Kier alpha value is -0.880. The van der Waals surface area contributed by atoms with Crippen molar-refractivity contribution in [3.8, 4) is 0 Å². The molecular weight excluding hydrogens is 263 g/mol. The average molecular weight is 277 g/mol. The normalized spacial score (nSPS) is 29.2. The van der Waals surface area contributed by atoms with Crippen LogP contribution in [0, 0.1) is 0 Å². The van der Waals surface area contributed by atoms with Crippen molar-refractivity contribution < 1.29 is 17.4 Å². The summed E-state index contributed by atoms with van der Waals surface area (Å²) in [5, 5.41) is 3.02. The van der Waals surface area contributed by atoms with Crippen LogP contribution in [0.1, 0.15) is 24.1 Å². The van der Waals surface area contributed by atoms with Gasteiger partial charge in [0.1, 0.15) is 0 Å². The zero-order chi connectivity index (χ0) is 13.3. The number of hydrogen-bond donors (Lipinski definition) is 1. The van der Waals surface area contributed by atoms with E-state index in [4.69, 9.17) is 0 Å². The van der Waals surface area contributed by atoms with Crippen LogP contribution >= 0.6 is 0 Å². The summed E-state index contributed by atoms with van der Waals surface area (Å²) in [6.07, 6.45) is -4.37. The largest absolute Gasteiger partial charge is 0.416 e. The lowest BCUT2D eigenvalue weighted by molar-refractivity contribution is -0.138. The topological polar surface area (TPSA) is 29.1 Å². The van der Waals surface area contributed by atoms with Crippen molar-refractivity contribution in [2.75, 3.05) is 12.3 Å². The highest BCUT2D eigenvalue weighted by Crippen LogP contribution is 2.35. The molecule has 0 bridgehead atoms. The highest BCUT2D eigenvalue weighted by atomic mass is 32.2. The molecule has 3 atom stereocenters. The van der Waals surface area contributed by atoms with Crippen LogP contribution in [0.2, 0.25) is 0 Å². The smallest absolute Gasteiger partial charge is 0.308 e. The van der Waals surface area contributed by atoms with E-state index in [1.165, 1.54) is 12.1 Å². The number of nitrogens with one attached hydrogen (secondary N) is 1. The third-order valence-electron chi connectivity index (χ3n) is 3.07. The Morgan fingerprint density at radius 1 is 1.33 bits per heavy atom. The zero-order valence-electron chi connectivity index (χ0n) is 9.83. The minimum atomic E-state index is -4.37. The molecule has 18 heavy (non-hydrogen) atoms. The molecule has 6 heteroatoms. The monoisotopic (exact) mass is 277 g/mol. The molecule has 3 unspecified atom stereocenters. The summed E-state index contributed by atoms with van der Waals surface area (Å²) in [7, 11) is -1.08. The number of hydrogen-bond acceptors (Lipinski definition) is 2. The number of rotatable bonds is 1. The maximum Gasteiger partial charge on any atom is 0.416 e. The predicted molar refractivity (Wildman–Crippen MR) is 64.7 cm³/mol. The van der Waals surface area contributed by atoms with E-state index in [0.717, 1.165) is 6.07 Å². The molecule has 0 aliphatic carbocycles. The molecule has 100 valence electrons. The van der Waals surface area contributed by atoms with E-state index in [9.17, 15) is 17.4 Å². The lowest BCUT2D eigenvalue weighted by atomic mass is 10.0. The fourth-order valence-corrected chi connectivity index (χ4v) is 3.28. The first-order chi connectivity index (χ1) is 8.39. The van der Waals surface area contributed by atoms with Gasteiger partial charge in [0.2, 0.25) is 0 Å². The van der Waals surface area contributed by atoms with Crippen LogP contribution in [0.4, 0.5) is 13.2 Å². The van der Waals surface area contributed by atoms with Crippen molar-refractivity contribution in [1.29, 1.82) is 0 Å². The van der Waals surface area contributed by atoms with Crippen LogP contribution in [0.15, 0.2) is 24.3 Å². The van der Waals surface area contributed by atoms with Crippen LogP contribution in [-0.2, 0) is 17.0 Å². The van der Waals surface area contributed by atoms with Gasteiger partial charge in [0, 0.05) is 34.4 Å². The number of alkyl halides is 3. The van der Waals surface area contributed by atoms with Gasteiger partial charge in [-0.05, 0) is 18.6 Å². The second kappa shape index (κ2) is 5.01. The Labute approximate surface area is 106 Å². The van der Waals surface area contributed by atoms with Crippen LogP contribution in [-0.4, -0.2) is 21.8 Å². The number of halogens is 3. The van der Waals surface area contributed by atoms with Crippen molar-refractivity contribution in [1.82, 2.24) is 5.32 Å². The predicted octanol–water partition coefficient (Wildman–Crippen LogP) is 2.49. The second-order valence-corrected chi connectivity index (χ2v) is 6.30. The minimum absolute atomic E-state index is 0.0145. The van der Waals surface area contributed by atoms with Crippen molar-refractivity contribution in [3.05, 3.63) is 35.4 Å². The van der Waals surface area contributed by atoms with E-state index in [-0.39, 0.29) is 16.6 Å². The Morgan fingerprint density at radius 3 is 2.61 bits per heavy atom. The van der Waals surface area contributed by atoms with Crippen molar-refractivity contribution in [2.24, 2.45) is 0 Å². The summed E-state index contributed by atoms with van der Waals surface area (Å²) >= 11 is 0. The summed E-state index contributed by atoms with van der Waals surface area (Å²) < 4.78 is 50.3. The van der Waals surface area contributed by atoms with Gasteiger partial charge < -0.3 is 5.32 Å². The molecular formula is C12H14F3NOS. The van der Waals surface area contributed by atoms with Crippen LogP contribution < -0.4 is 5.32 Å². The Bertz CT molecular complexity index is 461. The first-order valence-electron chi connectivity index (χ1n) is 5.66. The molecule has 2 rings (SSSR count). The van der Waals surface area contributed by atoms with Crippen LogP contribution in [0.3, 0.4) is 0 Å². The fourth-order valence-electron chi connectivity index (χ4n) is 2.05. The van der Waals surface area contributed by atoms with Gasteiger partial charge in [-0.1, -0.05) is 18.2 Å². The first-order valence-corrected chi connectivity index (χ1v) is 7.04. The molecule has 0 radical (unpaired) electrons. The first kappa shape index (κ1) is 13.5. The quantitative estimate of drug-likeness (QED) is 0.854. The Kier molecular flexibility index (Phi) is 3.77. The van der Waals surface area contributed by atoms with Crippen molar-refractivity contribution in [3.63, 3.8) is 0 Å². The highest BCUT2D eigenvalue weighted by molar-refractivity contribution is 7.85. The lowest BCUT2D eigenvalue weighted by Gasteiger charge is -2.29. The standard InChI is InChI=1S/C12H14F3NOS/c1-8-6-16-11(7-18(8)17)9-4-2-3-5-10(9)12(13,14)15/h2-5,8,11,16H,6-7H2,1H3. The van der Waals surface area contributed by atoms with E-state index in [0.29, 0.717) is 6.54 Å². The van der Waals surface area contributed by atoms with E-state index in [1.807, 2.05) is 6.92 Å². The van der Waals surface area contributed by atoms with Crippen LogP contribution in [0.5, 0.6) is 0 Å². The fraction of sp³-hybridized carbons (Fsp3) is 0.500. The molecule has 1 aliphatic rings. The van der Waals surface area contributed by atoms with Gasteiger partial charge in [-0.15, -0.1) is 0 Å². The molecule has 2 nitrogen and oxygen atoms in total. The Morgan fingerprint density at radius 2 is 2.00 bits per heavy atom. The van der Waals surface area contributed by atoms with Gasteiger partial charge in [-0.2, -0.15) is 13.2 Å². The maximum absolute atomic E-state index is 12.9. The molecule has 0 aromatic heterocycles. The molecule has 1 aliphatic heterocycles. The van der Waals surface area contributed by atoms with Crippen molar-refractivity contribution in [2.45, 2.75) is 24.4 Å².